The average Bonchev–Trinajstić information content (AvgIpc) is 2.76. The molecule has 1 aromatic carbocycles. The van der Waals surface area contributed by atoms with E-state index in [0.717, 1.165) is 0 Å². The van der Waals surface area contributed by atoms with Gasteiger partial charge >= 0.3 is 6.09 Å². The molecule has 1 aliphatic carbocycles. The number of carbonyl (C=O) groups excluding carboxylic acids is 2. The van der Waals surface area contributed by atoms with E-state index in [9.17, 15) is 9.59 Å². The summed E-state index contributed by atoms with van der Waals surface area (Å²) < 4.78 is 11.9. The van der Waals surface area contributed by atoms with Crippen molar-refractivity contribution in [3.63, 3.8) is 0 Å². The van der Waals surface area contributed by atoms with Gasteiger partial charge in [0.2, 0.25) is 5.88 Å². The number of aromatic nitrogens is 2. The summed E-state index contributed by atoms with van der Waals surface area (Å²) in [4.78, 5) is 35.3. The molecule has 35 heavy (non-hydrogen) atoms. The van der Waals surface area contributed by atoms with Gasteiger partial charge in [0, 0.05) is 37.8 Å². The van der Waals surface area contributed by atoms with Gasteiger partial charge < -0.3 is 19.7 Å². The van der Waals surface area contributed by atoms with Crippen molar-refractivity contribution in [2.24, 2.45) is 11.8 Å². The topological polar surface area (TPSA) is 117 Å². The van der Waals surface area contributed by atoms with Crippen LogP contribution in [0, 0.1) is 30.1 Å². The number of carbonyl (C=O) groups is 2. The number of rotatable bonds is 4. The Labute approximate surface area is 209 Å². The highest BCUT2D eigenvalue weighted by Gasteiger charge is 2.46. The Hall–Kier alpha value is -3.38. The van der Waals surface area contributed by atoms with E-state index in [-0.39, 0.29) is 29.8 Å². The zero-order chi connectivity index (χ0) is 25.3. The Morgan fingerprint density at radius 3 is 2.51 bits per heavy atom. The van der Waals surface area contributed by atoms with Crippen LogP contribution in [0.4, 0.5) is 16.3 Å². The lowest BCUT2D eigenvalue weighted by Gasteiger charge is -2.46. The maximum Gasteiger partial charge on any atom is 0.410 e. The number of hydrogen-bond acceptors (Lipinski definition) is 8. The highest BCUT2D eigenvalue weighted by atomic mass is 35.5. The minimum Gasteiger partial charge on any atom is -0.473 e. The molecule has 1 aromatic heterocycles. The fourth-order valence-corrected chi connectivity index (χ4v) is 4.78. The van der Waals surface area contributed by atoms with Crippen LogP contribution in [-0.4, -0.2) is 51.5 Å². The van der Waals surface area contributed by atoms with Crippen LogP contribution in [0.5, 0.6) is 5.88 Å². The van der Waals surface area contributed by atoms with Crippen molar-refractivity contribution in [2.75, 3.05) is 18.4 Å². The summed E-state index contributed by atoms with van der Waals surface area (Å²) in [5.41, 5.74) is 1.16. The number of benzene rings is 1. The molecule has 2 heterocycles. The fourth-order valence-electron chi connectivity index (χ4n) is 4.55. The number of nitriles is 1. The molecule has 184 valence electrons. The van der Waals surface area contributed by atoms with E-state index >= 15 is 0 Å². The van der Waals surface area contributed by atoms with Crippen LogP contribution in [0.2, 0.25) is 5.02 Å². The lowest BCUT2D eigenvalue weighted by atomic mass is 9.74. The number of fused-ring (bicyclic) bond motifs is 2. The quantitative estimate of drug-likeness (QED) is 0.648. The SMILES string of the molecule is Cc1c(Nc2ccc(C#N)cc2Cl)ncnc1OC1C2CC(=O)CC1CN(C(=O)OC(C)(C)C)C2. The van der Waals surface area contributed by atoms with Gasteiger partial charge in [0.05, 0.1) is 27.9 Å². The Bertz CT molecular complexity index is 1170. The molecule has 1 amide bonds. The molecule has 2 atom stereocenters. The molecule has 4 rings (SSSR count). The van der Waals surface area contributed by atoms with Crippen molar-refractivity contribution in [1.82, 2.24) is 14.9 Å². The van der Waals surface area contributed by atoms with Gasteiger partial charge in [0.15, 0.2) is 0 Å². The van der Waals surface area contributed by atoms with Crippen LogP contribution < -0.4 is 10.1 Å². The van der Waals surface area contributed by atoms with Crippen molar-refractivity contribution in [1.29, 1.82) is 5.26 Å². The number of hydrogen-bond donors (Lipinski definition) is 1. The van der Waals surface area contributed by atoms with Crippen LogP contribution in [-0.2, 0) is 9.53 Å². The lowest BCUT2D eigenvalue weighted by molar-refractivity contribution is -0.131. The second-order valence-electron chi connectivity index (χ2n) is 10.0. The molecule has 2 fully saturated rings. The number of anilines is 2. The van der Waals surface area contributed by atoms with Gasteiger partial charge in [-0.1, -0.05) is 11.6 Å². The molecule has 0 radical (unpaired) electrons. The standard InChI is InChI=1S/C25H28ClN5O4/c1-14-22(30-20-6-5-15(10-27)7-19(20)26)28-13-29-23(14)34-21-16-8-18(32)9-17(21)12-31(11-16)24(33)35-25(2,3)4/h5-7,13,16-17,21H,8-9,11-12H2,1-4H3,(H,28,29,30). The largest absolute Gasteiger partial charge is 0.473 e. The first-order valence-electron chi connectivity index (χ1n) is 11.5. The van der Waals surface area contributed by atoms with Gasteiger partial charge in [0.1, 0.15) is 29.6 Å². The van der Waals surface area contributed by atoms with E-state index in [0.29, 0.717) is 59.5 Å². The van der Waals surface area contributed by atoms with E-state index in [2.05, 4.69) is 21.4 Å². The molecule has 2 aromatic rings. The van der Waals surface area contributed by atoms with Crippen LogP contribution in [0.3, 0.4) is 0 Å². The first-order valence-corrected chi connectivity index (χ1v) is 11.9. The van der Waals surface area contributed by atoms with Crippen LogP contribution in [0.15, 0.2) is 24.5 Å². The maximum atomic E-state index is 12.7. The van der Waals surface area contributed by atoms with Crippen molar-refractivity contribution < 1.29 is 19.1 Å². The van der Waals surface area contributed by atoms with Crippen molar-refractivity contribution in [3.05, 3.63) is 40.7 Å². The molecule has 10 heteroatoms. The number of piperidine rings is 1. The third-order valence-corrected chi connectivity index (χ3v) is 6.42. The van der Waals surface area contributed by atoms with Crippen molar-refractivity contribution in [3.8, 4) is 11.9 Å². The minimum absolute atomic E-state index is 0.152. The molecule has 1 saturated carbocycles. The summed E-state index contributed by atoms with van der Waals surface area (Å²) in [5, 5.41) is 12.6. The smallest absolute Gasteiger partial charge is 0.410 e. The molecule has 1 N–H and O–H groups in total. The minimum atomic E-state index is -0.589. The Morgan fingerprint density at radius 1 is 1.23 bits per heavy atom. The molecule has 2 unspecified atom stereocenters. The monoisotopic (exact) mass is 497 g/mol. The molecule has 1 saturated heterocycles. The van der Waals surface area contributed by atoms with Gasteiger partial charge in [0.25, 0.3) is 0 Å². The van der Waals surface area contributed by atoms with Gasteiger partial charge in [-0.25, -0.2) is 14.8 Å². The molecule has 9 nitrogen and oxygen atoms in total. The van der Waals surface area contributed by atoms with Crippen molar-refractivity contribution in [2.45, 2.75) is 52.2 Å². The first kappa shape index (κ1) is 24.7. The zero-order valence-corrected chi connectivity index (χ0v) is 20.9. The van der Waals surface area contributed by atoms with Crippen molar-refractivity contribution >= 4 is 35.0 Å². The summed E-state index contributed by atoms with van der Waals surface area (Å²) >= 11 is 6.30. The number of ketones is 1. The Balaban J connectivity index is 1.52. The number of nitrogens with zero attached hydrogens (tertiary/aromatic N) is 4. The van der Waals surface area contributed by atoms with Crippen LogP contribution in [0.25, 0.3) is 0 Å². The number of amides is 1. The molecule has 2 aliphatic rings. The second-order valence-corrected chi connectivity index (χ2v) is 10.4. The van der Waals surface area contributed by atoms with Gasteiger partial charge in [-0.15, -0.1) is 0 Å². The number of Topliss-reactive ketones (excluding diaryl/α,β-unsaturated/α-hetero) is 1. The third-order valence-electron chi connectivity index (χ3n) is 6.11. The lowest BCUT2D eigenvalue weighted by Crippen LogP contribution is -2.57. The summed E-state index contributed by atoms with van der Waals surface area (Å²) in [5.74, 6) is 0.810. The van der Waals surface area contributed by atoms with E-state index in [4.69, 9.17) is 26.3 Å². The third kappa shape index (κ3) is 5.65. The van der Waals surface area contributed by atoms with Crippen LogP contribution >= 0.6 is 11.6 Å². The van der Waals surface area contributed by atoms with Crippen LogP contribution in [0.1, 0.15) is 44.7 Å². The summed E-state index contributed by atoms with van der Waals surface area (Å²) in [7, 11) is 0. The molecular weight excluding hydrogens is 470 g/mol. The maximum absolute atomic E-state index is 12.7. The molecular formula is C25H28ClN5O4. The Morgan fingerprint density at radius 2 is 1.91 bits per heavy atom. The van der Waals surface area contributed by atoms with Gasteiger partial charge in [-0.05, 0) is 45.9 Å². The summed E-state index contributed by atoms with van der Waals surface area (Å²) in [6.07, 6.45) is 1.46. The normalized spacial score (nSPS) is 21.8. The highest BCUT2D eigenvalue weighted by molar-refractivity contribution is 6.33. The first-order chi connectivity index (χ1) is 16.5. The van der Waals surface area contributed by atoms with E-state index in [1.54, 1.807) is 23.1 Å². The summed E-state index contributed by atoms with van der Waals surface area (Å²) in [6.45, 7) is 8.11. The number of likely N-dealkylation sites (tertiary alicyclic amines) is 1. The van der Waals surface area contributed by atoms with E-state index in [1.807, 2.05) is 27.7 Å². The van der Waals surface area contributed by atoms with E-state index in [1.165, 1.54) is 6.33 Å². The predicted octanol–water partition coefficient (Wildman–Crippen LogP) is 4.65. The summed E-state index contributed by atoms with van der Waals surface area (Å²) in [6, 6.07) is 7.01. The van der Waals surface area contributed by atoms with Gasteiger partial charge in [-0.2, -0.15) is 5.26 Å². The number of nitrogens with one attached hydrogen (secondary N) is 1. The Kier molecular flexibility index (Phi) is 6.86. The van der Waals surface area contributed by atoms with Gasteiger partial charge in [-0.3, -0.25) is 4.79 Å². The number of ether oxygens (including phenoxy) is 2. The van der Waals surface area contributed by atoms with E-state index < -0.39 is 5.60 Å². The predicted molar refractivity (Wildman–Crippen MR) is 130 cm³/mol. The molecule has 0 spiro atoms. The fraction of sp³-hybridized carbons (Fsp3) is 0.480. The molecule has 1 aliphatic heterocycles. The number of halogens is 1. The zero-order valence-electron chi connectivity index (χ0n) is 20.2. The second kappa shape index (κ2) is 9.70. The highest BCUT2D eigenvalue weighted by Crippen LogP contribution is 2.38. The molecule has 2 bridgehead atoms. The average molecular weight is 498 g/mol.